The Balaban J connectivity index is 2.06. The molecule has 0 amide bonds. The molecule has 0 aliphatic heterocycles. The van der Waals surface area contributed by atoms with Crippen molar-refractivity contribution >= 4 is 17.3 Å². The Bertz CT molecular complexity index is 678. The van der Waals surface area contributed by atoms with Crippen LogP contribution in [0.5, 0.6) is 5.75 Å². The Morgan fingerprint density at radius 2 is 2.10 bits per heavy atom. The number of thiophene rings is 1. The van der Waals surface area contributed by atoms with Gasteiger partial charge in [-0.2, -0.15) is 5.26 Å². The van der Waals surface area contributed by atoms with E-state index in [4.69, 9.17) is 10.00 Å². The summed E-state index contributed by atoms with van der Waals surface area (Å²) in [5.41, 5.74) is 1.84. The molecule has 4 heteroatoms. The van der Waals surface area contributed by atoms with E-state index in [0.29, 0.717) is 10.6 Å². The topological polar surface area (TPSA) is 50.1 Å². The molecule has 2 aromatic rings. The first-order valence-corrected chi connectivity index (χ1v) is 7.59. The third kappa shape index (κ3) is 4.04. The van der Waals surface area contributed by atoms with Crippen LogP contribution in [0, 0.1) is 11.3 Å². The van der Waals surface area contributed by atoms with Crippen molar-refractivity contribution in [2.45, 2.75) is 19.8 Å². The highest BCUT2D eigenvalue weighted by molar-refractivity contribution is 7.11. The summed E-state index contributed by atoms with van der Waals surface area (Å²) in [6.07, 6.45) is 5.12. The maximum Gasteiger partial charge on any atom is 0.335 e. The van der Waals surface area contributed by atoms with Gasteiger partial charge in [0.15, 0.2) is 0 Å². The third-order valence-electron chi connectivity index (χ3n) is 2.86. The smallest absolute Gasteiger partial charge is 0.335 e. The number of rotatable bonds is 5. The highest BCUT2D eigenvalue weighted by Crippen LogP contribution is 2.28. The molecule has 0 radical (unpaired) electrons. The van der Waals surface area contributed by atoms with Gasteiger partial charge in [-0.1, -0.05) is 31.6 Å². The summed E-state index contributed by atoms with van der Waals surface area (Å²) in [6, 6.07) is 11.3. The summed E-state index contributed by atoms with van der Waals surface area (Å²) in [5, 5.41) is 10.9. The minimum atomic E-state index is -0.371. The van der Waals surface area contributed by atoms with Gasteiger partial charge >= 0.3 is 5.97 Å². The molecule has 0 saturated heterocycles. The molecule has 3 nitrogen and oxygen atoms in total. The van der Waals surface area contributed by atoms with Crippen molar-refractivity contribution in [1.82, 2.24) is 0 Å². The van der Waals surface area contributed by atoms with Crippen LogP contribution in [-0.2, 0) is 4.79 Å². The van der Waals surface area contributed by atoms with E-state index in [0.717, 1.165) is 24.0 Å². The number of benzene rings is 1. The molecule has 0 spiro atoms. The third-order valence-corrected chi connectivity index (χ3v) is 3.68. The van der Waals surface area contributed by atoms with Crippen molar-refractivity contribution in [3.63, 3.8) is 0 Å². The molecule has 1 heterocycles. The van der Waals surface area contributed by atoms with E-state index >= 15 is 0 Å². The van der Waals surface area contributed by atoms with Crippen LogP contribution in [0.4, 0.5) is 0 Å². The Kier molecular flexibility index (Phi) is 5.30. The average Bonchev–Trinajstić information content (AvgIpc) is 2.97. The van der Waals surface area contributed by atoms with Crippen LogP contribution in [0.3, 0.4) is 0 Å². The SMILES string of the molecule is CCC/C=C/C(=O)Oc1ccc(-c2ccsc2C#N)cc1. The maximum absolute atomic E-state index is 11.6. The van der Waals surface area contributed by atoms with Crippen LogP contribution in [0.2, 0.25) is 0 Å². The highest BCUT2D eigenvalue weighted by Gasteiger charge is 2.07. The first kappa shape index (κ1) is 15.0. The molecule has 0 aliphatic carbocycles. The first-order valence-electron chi connectivity index (χ1n) is 6.71. The molecule has 1 aromatic carbocycles. The van der Waals surface area contributed by atoms with Crippen LogP contribution < -0.4 is 4.74 Å². The van der Waals surface area contributed by atoms with Gasteiger partial charge in [-0.05, 0) is 35.6 Å². The second-order valence-electron chi connectivity index (χ2n) is 4.41. The Hall–Kier alpha value is -2.38. The molecule has 0 saturated carbocycles. The molecule has 1 aromatic heterocycles. The van der Waals surface area contributed by atoms with E-state index in [9.17, 15) is 4.79 Å². The predicted molar refractivity (Wildman–Crippen MR) is 84.2 cm³/mol. The summed E-state index contributed by atoms with van der Waals surface area (Å²) in [5.74, 6) is 0.128. The molecule has 0 fully saturated rings. The predicted octanol–water partition coefficient (Wildman–Crippen LogP) is 4.55. The number of allylic oxidation sites excluding steroid dienone is 1. The number of unbranched alkanes of at least 4 members (excludes halogenated alkanes) is 1. The highest BCUT2D eigenvalue weighted by atomic mass is 32.1. The number of hydrogen-bond donors (Lipinski definition) is 0. The number of carbonyl (C=O) groups is 1. The zero-order chi connectivity index (χ0) is 15.1. The van der Waals surface area contributed by atoms with Crippen molar-refractivity contribution < 1.29 is 9.53 Å². The Morgan fingerprint density at radius 1 is 1.33 bits per heavy atom. The van der Waals surface area contributed by atoms with Gasteiger partial charge in [0, 0.05) is 11.6 Å². The molecule has 106 valence electrons. The Morgan fingerprint density at radius 3 is 2.76 bits per heavy atom. The largest absolute Gasteiger partial charge is 0.423 e. The summed E-state index contributed by atoms with van der Waals surface area (Å²) in [7, 11) is 0. The van der Waals surface area contributed by atoms with Crippen LogP contribution in [0.15, 0.2) is 47.9 Å². The van der Waals surface area contributed by atoms with E-state index < -0.39 is 0 Å². The molecule has 0 unspecified atom stereocenters. The van der Waals surface area contributed by atoms with Gasteiger partial charge in [-0.3, -0.25) is 0 Å². The normalized spacial score (nSPS) is 10.5. The Labute approximate surface area is 128 Å². The minimum Gasteiger partial charge on any atom is -0.423 e. The average molecular weight is 297 g/mol. The van der Waals surface area contributed by atoms with Crippen molar-refractivity contribution in [3.05, 3.63) is 52.7 Å². The van der Waals surface area contributed by atoms with Gasteiger partial charge in [0.05, 0.1) is 0 Å². The van der Waals surface area contributed by atoms with Gasteiger partial charge < -0.3 is 4.74 Å². The number of hydrogen-bond acceptors (Lipinski definition) is 4. The summed E-state index contributed by atoms with van der Waals surface area (Å²) >= 11 is 1.41. The van der Waals surface area contributed by atoms with Crippen molar-refractivity contribution in [2.75, 3.05) is 0 Å². The van der Waals surface area contributed by atoms with Crippen LogP contribution in [0.25, 0.3) is 11.1 Å². The van der Waals surface area contributed by atoms with E-state index in [1.165, 1.54) is 17.4 Å². The van der Waals surface area contributed by atoms with Gasteiger partial charge in [0.25, 0.3) is 0 Å². The van der Waals surface area contributed by atoms with Gasteiger partial charge in [0.1, 0.15) is 16.7 Å². The van der Waals surface area contributed by atoms with Crippen molar-refractivity contribution in [2.24, 2.45) is 0 Å². The lowest BCUT2D eigenvalue weighted by Gasteiger charge is -2.03. The van der Waals surface area contributed by atoms with E-state index in [-0.39, 0.29) is 5.97 Å². The zero-order valence-electron chi connectivity index (χ0n) is 11.7. The lowest BCUT2D eigenvalue weighted by Crippen LogP contribution is -2.03. The van der Waals surface area contributed by atoms with Crippen LogP contribution in [0.1, 0.15) is 24.6 Å². The fraction of sp³-hybridized carbons (Fsp3) is 0.176. The molecule has 2 rings (SSSR count). The molecule has 21 heavy (non-hydrogen) atoms. The standard InChI is InChI=1S/C17H15NO2S/c1-2-3-4-5-17(19)20-14-8-6-13(7-9-14)15-10-11-21-16(15)12-18/h4-11H,2-3H2,1H3/b5-4+. The number of nitrogens with zero attached hydrogens (tertiary/aromatic N) is 1. The van der Waals surface area contributed by atoms with E-state index in [1.807, 2.05) is 30.5 Å². The summed E-state index contributed by atoms with van der Waals surface area (Å²) in [6.45, 7) is 2.05. The minimum absolute atomic E-state index is 0.371. The van der Waals surface area contributed by atoms with Crippen LogP contribution in [-0.4, -0.2) is 5.97 Å². The monoisotopic (exact) mass is 297 g/mol. The molecular weight excluding hydrogens is 282 g/mol. The van der Waals surface area contributed by atoms with E-state index in [2.05, 4.69) is 6.07 Å². The first-order chi connectivity index (χ1) is 10.2. The second-order valence-corrected chi connectivity index (χ2v) is 5.33. The number of carbonyl (C=O) groups excluding carboxylic acids is 1. The van der Waals surface area contributed by atoms with Crippen molar-refractivity contribution in [3.8, 4) is 22.9 Å². The fourth-order valence-corrected chi connectivity index (χ4v) is 2.53. The number of esters is 1. The van der Waals surface area contributed by atoms with Gasteiger partial charge in [-0.15, -0.1) is 11.3 Å². The molecule has 0 aliphatic rings. The molecule has 0 bridgehead atoms. The van der Waals surface area contributed by atoms with Gasteiger partial charge in [0.2, 0.25) is 0 Å². The van der Waals surface area contributed by atoms with Crippen LogP contribution >= 0.6 is 11.3 Å². The lowest BCUT2D eigenvalue weighted by atomic mass is 10.1. The summed E-state index contributed by atoms with van der Waals surface area (Å²) < 4.78 is 5.20. The second kappa shape index (κ2) is 7.41. The van der Waals surface area contributed by atoms with Gasteiger partial charge in [-0.25, -0.2) is 4.79 Å². The quantitative estimate of drug-likeness (QED) is 0.462. The number of nitriles is 1. The molecule has 0 atom stereocenters. The fourth-order valence-electron chi connectivity index (χ4n) is 1.82. The maximum atomic E-state index is 11.6. The molecule has 0 N–H and O–H groups in total. The lowest BCUT2D eigenvalue weighted by molar-refractivity contribution is -0.129. The van der Waals surface area contributed by atoms with Crippen molar-refractivity contribution in [1.29, 1.82) is 5.26 Å². The molecular formula is C17H15NO2S. The summed E-state index contributed by atoms with van der Waals surface area (Å²) in [4.78, 5) is 12.2. The zero-order valence-corrected chi connectivity index (χ0v) is 12.5. The van der Waals surface area contributed by atoms with E-state index in [1.54, 1.807) is 18.2 Å². The number of ether oxygens (including phenoxy) is 1.